The van der Waals surface area contributed by atoms with E-state index in [2.05, 4.69) is 17.1 Å². The molecule has 0 amide bonds. The summed E-state index contributed by atoms with van der Waals surface area (Å²) in [6.45, 7) is 6.34. The maximum absolute atomic E-state index is 10.00. The number of hydrogen-bond acceptors (Lipinski definition) is 4. The molecule has 4 nitrogen and oxygen atoms in total. The van der Waals surface area contributed by atoms with E-state index < -0.39 is 0 Å². The molecule has 3 fully saturated rings. The molecule has 1 saturated heterocycles. The average molecular weight is 268 g/mol. The van der Waals surface area contributed by atoms with Gasteiger partial charge in [-0.1, -0.05) is 6.92 Å². The van der Waals surface area contributed by atoms with Crippen LogP contribution in [0.5, 0.6) is 0 Å². The van der Waals surface area contributed by atoms with Crippen molar-refractivity contribution >= 4 is 0 Å². The van der Waals surface area contributed by atoms with Crippen molar-refractivity contribution in [1.29, 1.82) is 0 Å². The zero-order chi connectivity index (χ0) is 13.3. The van der Waals surface area contributed by atoms with Gasteiger partial charge < -0.3 is 15.2 Å². The van der Waals surface area contributed by atoms with E-state index in [1.54, 1.807) is 0 Å². The molecule has 110 valence electrons. The number of ether oxygens (including phenoxy) is 1. The van der Waals surface area contributed by atoms with Crippen LogP contribution < -0.4 is 5.32 Å². The fourth-order valence-electron chi connectivity index (χ4n) is 3.36. The van der Waals surface area contributed by atoms with Crippen LogP contribution in [-0.4, -0.2) is 60.5 Å². The van der Waals surface area contributed by atoms with Gasteiger partial charge in [0.2, 0.25) is 0 Å². The van der Waals surface area contributed by atoms with Crippen molar-refractivity contribution in [2.75, 3.05) is 32.8 Å². The first-order valence-corrected chi connectivity index (χ1v) is 7.98. The molecule has 3 rings (SSSR count). The summed E-state index contributed by atoms with van der Waals surface area (Å²) in [6, 6.07) is 0.663. The van der Waals surface area contributed by atoms with E-state index in [0.717, 1.165) is 32.7 Å². The number of aliphatic hydroxyl groups excluding tert-OH is 1. The number of morpholine rings is 1. The molecule has 0 spiro atoms. The number of nitrogens with one attached hydrogen (secondary N) is 1. The standard InChI is InChI=1S/C15H28N2O2/c1-2-14-9-17(7-8-19-14)10-15(11-18,12-3-4-12)16-13-5-6-13/h12-14,16,18H,2-11H2,1H3. The molecule has 3 aliphatic rings. The Hall–Kier alpha value is -0.160. The van der Waals surface area contributed by atoms with Crippen LogP contribution in [-0.2, 0) is 4.74 Å². The summed E-state index contributed by atoms with van der Waals surface area (Å²) < 4.78 is 5.75. The van der Waals surface area contributed by atoms with Gasteiger partial charge in [-0.15, -0.1) is 0 Å². The van der Waals surface area contributed by atoms with Crippen LogP contribution in [0.25, 0.3) is 0 Å². The highest BCUT2D eigenvalue weighted by atomic mass is 16.5. The predicted octanol–water partition coefficient (Wildman–Crippen LogP) is 0.990. The number of nitrogens with zero attached hydrogens (tertiary/aromatic N) is 1. The minimum absolute atomic E-state index is 0.0448. The molecule has 2 saturated carbocycles. The molecule has 0 aromatic rings. The first kappa shape index (κ1) is 13.8. The van der Waals surface area contributed by atoms with Crippen LogP contribution in [0.2, 0.25) is 0 Å². The summed E-state index contributed by atoms with van der Waals surface area (Å²) in [5, 5.41) is 13.8. The SMILES string of the molecule is CCC1CN(CC(CO)(NC2CC2)C2CC2)CCO1. The highest BCUT2D eigenvalue weighted by Gasteiger charge is 2.48. The molecule has 0 aromatic heterocycles. The topological polar surface area (TPSA) is 44.7 Å². The summed E-state index contributed by atoms with van der Waals surface area (Å²) in [5.41, 5.74) is -0.0448. The molecule has 0 radical (unpaired) electrons. The van der Waals surface area contributed by atoms with E-state index in [-0.39, 0.29) is 12.1 Å². The van der Waals surface area contributed by atoms with E-state index in [9.17, 15) is 5.11 Å². The van der Waals surface area contributed by atoms with Gasteiger partial charge in [0, 0.05) is 25.7 Å². The van der Waals surface area contributed by atoms with Gasteiger partial charge in [0.1, 0.15) is 0 Å². The predicted molar refractivity (Wildman–Crippen MR) is 75.2 cm³/mol. The van der Waals surface area contributed by atoms with Crippen molar-refractivity contribution < 1.29 is 9.84 Å². The molecule has 2 unspecified atom stereocenters. The normalized spacial score (nSPS) is 32.2. The third kappa shape index (κ3) is 3.30. The Morgan fingerprint density at radius 2 is 2.11 bits per heavy atom. The molecule has 1 aliphatic heterocycles. The maximum Gasteiger partial charge on any atom is 0.0700 e. The van der Waals surface area contributed by atoms with Crippen molar-refractivity contribution in [1.82, 2.24) is 10.2 Å². The van der Waals surface area contributed by atoms with Crippen LogP contribution in [0.4, 0.5) is 0 Å². The lowest BCUT2D eigenvalue weighted by molar-refractivity contribution is -0.0442. The van der Waals surface area contributed by atoms with E-state index >= 15 is 0 Å². The summed E-state index contributed by atoms with van der Waals surface area (Å²) >= 11 is 0. The Balaban J connectivity index is 1.62. The van der Waals surface area contributed by atoms with Gasteiger partial charge in [-0.3, -0.25) is 4.90 Å². The lowest BCUT2D eigenvalue weighted by Crippen LogP contribution is -2.60. The maximum atomic E-state index is 10.00. The summed E-state index contributed by atoms with van der Waals surface area (Å²) in [7, 11) is 0. The Kier molecular flexibility index (Phi) is 4.13. The summed E-state index contributed by atoms with van der Waals surface area (Å²) in [6.07, 6.45) is 6.60. The van der Waals surface area contributed by atoms with Crippen molar-refractivity contribution in [2.45, 2.75) is 56.7 Å². The minimum atomic E-state index is -0.0448. The second-order valence-corrected chi connectivity index (χ2v) is 6.64. The third-order valence-electron chi connectivity index (χ3n) is 4.89. The molecule has 0 aromatic carbocycles. The quantitative estimate of drug-likeness (QED) is 0.723. The van der Waals surface area contributed by atoms with Crippen molar-refractivity contribution in [3.8, 4) is 0 Å². The van der Waals surface area contributed by atoms with Crippen LogP contribution in [0.3, 0.4) is 0 Å². The fourth-order valence-corrected chi connectivity index (χ4v) is 3.36. The highest BCUT2D eigenvalue weighted by Crippen LogP contribution is 2.42. The molecule has 19 heavy (non-hydrogen) atoms. The Bertz CT molecular complexity index is 305. The van der Waals surface area contributed by atoms with Crippen LogP contribution in [0, 0.1) is 5.92 Å². The van der Waals surface area contributed by atoms with Crippen LogP contribution in [0.1, 0.15) is 39.0 Å². The zero-order valence-corrected chi connectivity index (χ0v) is 12.1. The lowest BCUT2D eigenvalue weighted by atomic mass is 9.92. The van der Waals surface area contributed by atoms with Gasteiger partial charge >= 0.3 is 0 Å². The van der Waals surface area contributed by atoms with Crippen molar-refractivity contribution in [3.05, 3.63) is 0 Å². The molecule has 2 N–H and O–H groups in total. The van der Waals surface area contributed by atoms with Gasteiger partial charge in [-0.05, 0) is 38.0 Å². The minimum Gasteiger partial charge on any atom is -0.394 e. The van der Waals surface area contributed by atoms with Gasteiger partial charge in [-0.2, -0.15) is 0 Å². The smallest absolute Gasteiger partial charge is 0.0700 e. The molecule has 2 aliphatic carbocycles. The summed E-state index contributed by atoms with van der Waals surface area (Å²) in [5.74, 6) is 0.682. The van der Waals surface area contributed by atoms with E-state index in [4.69, 9.17) is 4.74 Å². The van der Waals surface area contributed by atoms with Crippen LogP contribution in [0.15, 0.2) is 0 Å². The van der Waals surface area contributed by atoms with E-state index in [1.165, 1.54) is 25.7 Å². The molecular formula is C15H28N2O2. The second-order valence-electron chi connectivity index (χ2n) is 6.64. The van der Waals surface area contributed by atoms with Crippen molar-refractivity contribution in [2.24, 2.45) is 5.92 Å². The van der Waals surface area contributed by atoms with Crippen molar-refractivity contribution in [3.63, 3.8) is 0 Å². The lowest BCUT2D eigenvalue weighted by Gasteiger charge is -2.41. The third-order valence-corrected chi connectivity index (χ3v) is 4.89. The largest absolute Gasteiger partial charge is 0.394 e. The Morgan fingerprint density at radius 1 is 1.32 bits per heavy atom. The molecule has 4 heteroatoms. The number of rotatable bonds is 7. The number of aliphatic hydroxyl groups is 1. The zero-order valence-electron chi connectivity index (χ0n) is 12.1. The number of hydrogen-bond donors (Lipinski definition) is 2. The summed E-state index contributed by atoms with van der Waals surface area (Å²) in [4.78, 5) is 2.50. The van der Waals surface area contributed by atoms with Gasteiger partial charge in [0.25, 0.3) is 0 Å². The Morgan fingerprint density at radius 3 is 2.68 bits per heavy atom. The molecular weight excluding hydrogens is 240 g/mol. The first-order valence-electron chi connectivity index (χ1n) is 7.98. The van der Waals surface area contributed by atoms with E-state index in [1.807, 2.05) is 0 Å². The average Bonchev–Trinajstić information content (AvgIpc) is 3.30. The molecule has 2 atom stereocenters. The first-order chi connectivity index (χ1) is 9.25. The van der Waals surface area contributed by atoms with Gasteiger partial charge in [0.15, 0.2) is 0 Å². The fraction of sp³-hybridized carbons (Fsp3) is 1.00. The monoisotopic (exact) mass is 268 g/mol. The second kappa shape index (κ2) is 5.68. The molecule has 0 bridgehead atoms. The highest BCUT2D eigenvalue weighted by molar-refractivity contribution is 5.06. The van der Waals surface area contributed by atoms with Gasteiger partial charge in [0.05, 0.1) is 24.9 Å². The van der Waals surface area contributed by atoms with Gasteiger partial charge in [-0.25, -0.2) is 0 Å². The Labute approximate surface area is 116 Å². The van der Waals surface area contributed by atoms with Crippen LogP contribution >= 0.6 is 0 Å². The van der Waals surface area contributed by atoms with E-state index in [0.29, 0.717) is 18.1 Å². The molecule has 1 heterocycles.